The molecule has 1 aliphatic rings. The summed E-state index contributed by atoms with van der Waals surface area (Å²) in [6.07, 6.45) is 1.49. The van der Waals surface area contributed by atoms with Crippen LogP contribution in [0.1, 0.15) is 56.7 Å². The summed E-state index contributed by atoms with van der Waals surface area (Å²) in [5.41, 5.74) is 0. The Hall–Kier alpha value is -2.22. The standard InChI is InChI=1S/C19H25N3O4S/c1-14(2)18-20-21-19(26-18)15-8-11-22(12-9-15)17(23)10-13-27(24,25)16-6-4-3-5-7-16/h3-7,14-15H,8-13H2,1-2H3. The van der Waals surface area contributed by atoms with E-state index in [1.54, 1.807) is 35.2 Å². The molecule has 0 bridgehead atoms. The van der Waals surface area contributed by atoms with Crippen molar-refractivity contribution >= 4 is 15.7 Å². The summed E-state index contributed by atoms with van der Waals surface area (Å²) in [5.74, 6) is 1.33. The maximum absolute atomic E-state index is 12.4. The molecule has 1 amide bonds. The highest BCUT2D eigenvalue weighted by molar-refractivity contribution is 7.91. The second-order valence-electron chi connectivity index (χ2n) is 7.17. The first kappa shape index (κ1) is 19.5. The van der Waals surface area contributed by atoms with Gasteiger partial charge in [0.1, 0.15) is 0 Å². The number of amides is 1. The van der Waals surface area contributed by atoms with Crippen LogP contribution in [0.4, 0.5) is 0 Å². The van der Waals surface area contributed by atoms with Gasteiger partial charge < -0.3 is 9.32 Å². The maximum atomic E-state index is 12.4. The highest BCUT2D eigenvalue weighted by atomic mass is 32.2. The number of likely N-dealkylation sites (tertiary alicyclic amines) is 1. The number of benzene rings is 1. The van der Waals surface area contributed by atoms with Crippen LogP contribution in [-0.4, -0.2) is 48.3 Å². The van der Waals surface area contributed by atoms with Crippen molar-refractivity contribution in [1.82, 2.24) is 15.1 Å². The van der Waals surface area contributed by atoms with Crippen molar-refractivity contribution in [1.29, 1.82) is 0 Å². The summed E-state index contributed by atoms with van der Waals surface area (Å²) in [6.45, 7) is 5.16. The zero-order chi connectivity index (χ0) is 19.4. The predicted octanol–water partition coefficient (Wildman–Crippen LogP) is 2.76. The molecule has 0 saturated carbocycles. The average Bonchev–Trinajstić information content (AvgIpc) is 3.18. The van der Waals surface area contributed by atoms with E-state index in [2.05, 4.69) is 10.2 Å². The number of rotatable bonds is 6. The highest BCUT2D eigenvalue weighted by Crippen LogP contribution is 2.28. The lowest BCUT2D eigenvalue weighted by Crippen LogP contribution is -2.38. The molecule has 7 nitrogen and oxygen atoms in total. The average molecular weight is 391 g/mol. The van der Waals surface area contributed by atoms with Crippen LogP contribution in [0.5, 0.6) is 0 Å². The van der Waals surface area contributed by atoms with Crippen LogP contribution in [0.3, 0.4) is 0 Å². The van der Waals surface area contributed by atoms with E-state index < -0.39 is 9.84 Å². The zero-order valence-electron chi connectivity index (χ0n) is 15.7. The molecule has 1 aromatic carbocycles. The quantitative estimate of drug-likeness (QED) is 0.752. The van der Waals surface area contributed by atoms with Crippen LogP contribution >= 0.6 is 0 Å². The second-order valence-corrected chi connectivity index (χ2v) is 9.28. The fraction of sp³-hybridized carbons (Fsp3) is 0.526. The molecule has 3 rings (SSSR count). The summed E-state index contributed by atoms with van der Waals surface area (Å²) in [7, 11) is -3.43. The van der Waals surface area contributed by atoms with Gasteiger partial charge in [0, 0.05) is 31.3 Å². The number of carbonyl (C=O) groups is 1. The van der Waals surface area contributed by atoms with E-state index in [1.165, 1.54) is 0 Å². The lowest BCUT2D eigenvalue weighted by molar-refractivity contribution is -0.131. The van der Waals surface area contributed by atoms with Crippen LogP contribution in [0.25, 0.3) is 0 Å². The van der Waals surface area contributed by atoms with Crippen LogP contribution in [0.15, 0.2) is 39.6 Å². The molecule has 1 fully saturated rings. The first-order valence-corrected chi connectivity index (χ1v) is 10.9. The molecule has 8 heteroatoms. The van der Waals surface area contributed by atoms with Gasteiger partial charge in [0.15, 0.2) is 9.84 Å². The van der Waals surface area contributed by atoms with Crippen molar-refractivity contribution in [2.24, 2.45) is 0 Å². The van der Waals surface area contributed by atoms with Gasteiger partial charge in [-0.2, -0.15) is 0 Å². The topological polar surface area (TPSA) is 93.4 Å². The Morgan fingerprint density at radius 2 is 1.85 bits per heavy atom. The minimum atomic E-state index is -3.43. The van der Waals surface area contributed by atoms with E-state index in [9.17, 15) is 13.2 Å². The number of aromatic nitrogens is 2. The molecule has 1 aliphatic heterocycles. The third kappa shape index (κ3) is 4.74. The van der Waals surface area contributed by atoms with Crippen molar-refractivity contribution in [2.75, 3.05) is 18.8 Å². The van der Waals surface area contributed by atoms with Crippen LogP contribution in [-0.2, 0) is 14.6 Å². The van der Waals surface area contributed by atoms with Crippen molar-refractivity contribution in [3.05, 3.63) is 42.1 Å². The van der Waals surface area contributed by atoms with Crippen molar-refractivity contribution < 1.29 is 17.6 Å². The van der Waals surface area contributed by atoms with Gasteiger partial charge in [0.25, 0.3) is 0 Å². The normalized spacial score (nSPS) is 16.0. The second kappa shape index (κ2) is 8.21. The molecule has 0 radical (unpaired) electrons. The first-order valence-electron chi connectivity index (χ1n) is 9.25. The van der Waals surface area contributed by atoms with E-state index in [0.717, 1.165) is 12.8 Å². The van der Waals surface area contributed by atoms with E-state index in [0.29, 0.717) is 24.9 Å². The van der Waals surface area contributed by atoms with Gasteiger partial charge in [-0.1, -0.05) is 32.0 Å². The van der Waals surface area contributed by atoms with Crippen LogP contribution < -0.4 is 0 Å². The van der Waals surface area contributed by atoms with Gasteiger partial charge in [-0.3, -0.25) is 4.79 Å². The molecule has 146 valence electrons. The molecule has 1 aromatic heterocycles. The largest absolute Gasteiger partial charge is 0.425 e. The summed E-state index contributed by atoms with van der Waals surface area (Å²) >= 11 is 0. The molecule has 2 aromatic rings. The first-order chi connectivity index (χ1) is 12.9. The molecule has 0 unspecified atom stereocenters. The maximum Gasteiger partial charge on any atom is 0.223 e. The van der Waals surface area contributed by atoms with Gasteiger partial charge in [-0.05, 0) is 25.0 Å². The van der Waals surface area contributed by atoms with E-state index >= 15 is 0 Å². The molecule has 0 aliphatic carbocycles. The van der Waals surface area contributed by atoms with Crippen molar-refractivity contribution in [3.8, 4) is 0 Å². The van der Waals surface area contributed by atoms with Crippen molar-refractivity contribution in [2.45, 2.75) is 49.8 Å². The Balaban J connectivity index is 1.51. The van der Waals surface area contributed by atoms with Crippen LogP contribution in [0.2, 0.25) is 0 Å². The van der Waals surface area contributed by atoms with E-state index in [4.69, 9.17) is 4.42 Å². The molecule has 1 saturated heterocycles. The van der Waals surface area contributed by atoms with E-state index in [1.807, 2.05) is 13.8 Å². The van der Waals surface area contributed by atoms with Gasteiger partial charge >= 0.3 is 0 Å². The number of piperidine rings is 1. The Bertz CT molecular complexity index is 869. The fourth-order valence-electron chi connectivity index (χ4n) is 3.15. The monoisotopic (exact) mass is 391 g/mol. The molecular weight excluding hydrogens is 366 g/mol. The smallest absolute Gasteiger partial charge is 0.223 e. The van der Waals surface area contributed by atoms with E-state index in [-0.39, 0.29) is 34.8 Å². The Morgan fingerprint density at radius 1 is 1.19 bits per heavy atom. The third-order valence-corrected chi connectivity index (χ3v) is 6.57. The lowest BCUT2D eigenvalue weighted by atomic mass is 9.96. The van der Waals surface area contributed by atoms with Crippen LogP contribution in [0, 0.1) is 0 Å². The fourth-order valence-corrected chi connectivity index (χ4v) is 4.40. The molecule has 0 N–H and O–H groups in total. The Kier molecular flexibility index (Phi) is 5.94. The highest BCUT2D eigenvalue weighted by Gasteiger charge is 2.28. The Labute approximate surface area is 159 Å². The molecule has 2 heterocycles. The molecule has 27 heavy (non-hydrogen) atoms. The molecule has 0 spiro atoms. The number of sulfone groups is 1. The summed E-state index contributed by atoms with van der Waals surface area (Å²) in [6, 6.07) is 8.24. The van der Waals surface area contributed by atoms with Crippen molar-refractivity contribution in [3.63, 3.8) is 0 Å². The summed E-state index contributed by atoms with van der Waals surface area (Å²) in [4.78, 5) is 14.4. The lowest BCUT2D eigenvalue weighted by Gasteiger charge is -2.30. The van der Waals surface area contributed by atoms with Gasteiger partial charge in [0.05, 0.1) is 10.6 Å². The number of hydrogen-bond acceptors (Lipinski definition) is 6. The van der Waals surface area contributed by atoms with Gasteiger partial charge in [0.2, 0.25) is 17.7 Å². The SMILES string of the molecule is CC(C)c1nnc(C2CCN(C(=O)CCS(=O)(=O)c3ccccc3)CC2)o1. The molecular formula is C19H25N3O4S. The Morgan fingerprint density at radius 3 is 2.44 bits per heavy atom. The number of hydrogen-bond donors (Lipinski definition) is 0. The minimum Gasteiger partial charge on any atom is -0.425 e. The minimum absolute atomic E-state index is 0.0000502. The van der Waals surface area contributed by atoms with Gasteiger partial charge in [-0.25, -0.2) is 8.42 Å². The summed E-state index contributed by atoms with van der Waals surface area (Å²) in [5, 5.41) is 8.20. The zero-order valence-corrected chi connectivity index (χ0v) is 16.5. The molecule has 0 atom stereocenters. The number of nitrogens with zero attached hydrogens (tertiary/aromatic N) is 3. The predicted molar refractivity (Wildman–Crippen MR) is 100 cm³/mol. The third-order valence-electron chi connectivity index (χ3n) is 4.83. The summed E-state index contributed by atoms with van der Waals surface area (Å²) < 4.78 is 30.3. The van der Waals surface area contributed by atoms with Gasteiger partial charge in [-0.15, -0.1) is 10.2 Å². The number of carbonyl (C=O) groups excluding carboxylic acids is 1.